The molecule has 6 nitrogen and oxygen atoms in total. The van der Waals surface area contributed by atoms with Gasteiger partial charge in [-0.25, -0.2) is 0 Å². The van der Waals surface area contributed by atoms with Crippen LogP contribution in [0.15, 0.2) is 10.7 Å². The number of hydrogen-bond acceptors (Lipinski definition) is 4. The van der Waals surface area contributed by atoms with E-state index in [2.05, 4.69) is 15.6 Å². The number of carbonyl (C=O) groups is 1. The molecule has 1 amide bonds. The van der Waals surface area contributed by atoms with Gasteiger partial charge >= 0.3 is 0 Å². The van der Waals surface area contributed by atoms with Crippen molar-refractivity contribution in [2.75, 3.05) is 5.32 Å². The van der Waals surface area contributed by atoms with Gasteiger partial charge in [0.2, 0.25) is 0 Å². The van der Waals surface area contributed by atoms with E-state index in [9.17, 15) is 4.79 Å². The van der Waals surface area contributed by atoms with E-state index in [0.717, 1.165) is 0 Å². The van der Waals surface area contributed by atoms with Gasteiger partial charge in [0, 0.05) is 13.2 Å². The van der Waals surface area contributed by atoms with Gasteiger partial charge in [-0.05, 0) is 20.8 Å². The Morgan fingerprint density at radius 1 is 1.35 bits per heavy atom. The molecule has 0 radical (unpaired) electrons. The first-order valence-corrected chi connectivity index (χ1v) is 5.23. The summed E-state index contributed by atoms with van der Waals surface area (Å²) in [6.45, 7) is 5.33. The lowest BCUT2D eigenvalue weighted by atomic mass is 10.2. The van der Waals surface area contributed by atoms with E-state index in [1.165, 1.54) is 0 Å². The lowest BCUT2D eigenvalue weighted by molar-refractivity contribution is 0.102. The van der Waals surface area contributed by atoms with Gasteiger partial charge in [-0.2, -0.15) is 5.10 Å². The van der Waals surface area contributed by atoms with Crippen LogP contribution in [0.1, 0.15) is 27.5 Å². The fourth-order valence-corrected chi connectivity index (χ4v) is 1.66. The molecule has 2 heterocycles. The van der Waals surface area contributed by atoms with Crippen LogP contribution in [0.3, 0.4) is 0 Å². The average Bonchev–Trinajstić information content (AvgIpc) is 2.74. The van der Waals surface area contributed by atoms with Crippen LogP contribution in [-0.2, 0) is 7.05 Å². The standard InChI is InChI=1S/C11H14N4O2/c1-6-9(5-15(4)13-6)11(16)12-10-7(2)14-17-8(10)3/h5H,1-4H3,(H,12,16). The molecule has 90 valence electrons. The van der Waals surface area contributed by atoms with Crippen molar-refractivity contribution in [1.82, 2.24) is 14.9 Å². The summed E-state index contributed by atoms with van der Waals surface area (Å²) in [6, 6.07) is 0. The molecule has 1 N–H and O–H groups in total. The van der Waals surface area contributed by atoms with Crippen LogP contribution in [0.4, 0.5) is 5.69 Å². The van der Waals surface area contributed by atoms with Crippen molar-refractivity contribution < 1.29 is 9.32 Å². The average molecular weight is 234 g/mol. The number of anilines is 1. The van der Waals surface area contributed by atoms with Gasteiger partial charge in [-0.1, -0.05) is 5.16 Å². The summed E-state index contributed by atoms with van der Waals surface area (Å²) >= 11 is 0. The van der Waals surface area contributed by atoms with Crippen LogP contribution in [-0.4, -0.2) is 20.8 Å². The van der Waals surface area contributed by atoms with E-state index in [4.69, 9.17) is 4.52 Å². The fourth-order valence-electron chi connectivity index (χ4n) is 1.66. The van der Waals surface area contributed by atoms with Crippen molar-refractivity contribution in [3.8, 4) is 0 Å². The minimum Gasteiger partial charge on any atom is -0.359 e. The lowest BCUT2D eigenvalue weighted by Crippen LogP contribution is -2.13. The first-order valence-electron chi connectivity index (χ1n) is 5.23. The minimum absolute atomic E-state index is 0.204. The number of rotatable bonds is 2. The van der Waals surface area contributed by atoms with Crippen molar-refractivity contribution in [1.29, 1.82) is 0 Å². The molecular formula is C11H14N4O2. The molecule has 2 aromatic heterocycles. The topological polar surface area (TPSA) is 73.0 Å². The first kappa shape index (κ1) is 11.4. The first-order chi connectivity index (χ1) is 7.99. The summed E-state index contributed by atoms with van der Waals surface area (Å²) < 4.78 is 6.59. The van der Waals surface area contributed by atoms with Crippen LogP contribution in [0, 0.1) is 20.8 Å². The monoisotopic (exact) mass is 234 g/mol. The molecule has 2 aromatic rings. The van der Waals surface area contributed by atoms with Crippen molar-refractivity contribution in [3.05, 3.63) is 28.9 Å². The van der Waals surface area contributed by atoms with Crippen LogP contribution in [0.5, 0.6) is 0 Å². The Labute approximate surface area is 98.6 Å². The highest BCUT2D eigenvalue weighted by Crippen LogP contribution is 2.20. The summed E-state index contributed by atoms with van der Waals surface area (Å²) in [4.78, 5) is 12.0. The Morgan fingerprint density at radius 3 is 2.53 bits per heavy atom. The molecule has 0 bridgehead atoms. The highest BCUT2D eigenvalue weighted by atomic mass is 16.5. The van der Waals surface area contributed by atoms with Crippen molar-refractivity contribution in [3.63, 3.8) is 0 Å². The number of aryl methyl sites for hydroxylation is 4. The maximum atomic E-state index is 12.0. The van der Waals surface area contributed by atoms with Crippen molar-refractivity contribution in [2.45, 2.75) is 20.8 Å². The van der Waals surface area contributed by atoms with Gasteiger partial charge < -0.3 is 9.84 Å². The van der Waals surface area contributed by atoms with Gasteiger partial charge in [0.25, 0.3) is 5.91 Å². The number of nitrogens with one attached hydrogen (secondary N) is 1. The quantitative estimate of drug-likeness (QED) is 0.856. The van der Waals surface area contributed by atoms with E-state index >= 15 is 0 Å². The van der Waals surface area contributed by atoms with Gasteiger partial charge in [-0.3, -0.25) is 9.48 Å². The van der Waals surface area contributed by atoms with Gasteiger partial charge in [0.1, 0.15) is 11.4 Å². The zero-order valence-corrected chi connectivity index (χ0v) is 10.2. The minimum atomic E-state index is -0.204. The van der Waals surface area contributed by atoms with Crippen molar-refractivity contribution in [2.24, 2.45) is 7.05 Å². The van der Waals surface area contributed by atoms with E-state index in [-0.39, 0.29) is 5.91 Å². The molecule has 0 aliphatic carbocycles. The normalized spacial score (nSPS) is 10.6. The SMILES string of the molecule is Cc1nn(C)cc1C(=O)Nc1c(C)noc1C. The number of aromatic nitrogens is 3. The molecule has 6 heteroatoms. The number of carbonyl (C=O) groups excluding carboxylic acids is 1. The lowest BCUT2D eigenvalue weighted by Gasteiger charge is -2.02. The maximum absolute atomic E-state index is 12.0. The van der Waals surface area contributed by atoms with Gasteiger partial charge in [0.15, 0.2) is 5.76 Å². The molecule has 2 rings (SSSR count). The highest BCUT2D eigenvalue weighted by molar-refractivity contribution is 6.05. The van der Waals surface area contributed by atoms with Crippen molar-refractivity contribution >= 4 is 11.6 Å². The predicted octanol–water partition coefficient (Wildman–Crippen LogP) is 1.59. The molecule has 0 atom stereocenters. The number of hydrogen-bond donors (Lipinski definition) is 1. The second-order valence-electron chi connectivity index (χ2n) is 3.96. The molecule has 17 heavy (non-hydrogen) atoms. The predicted molar refractivity (Wildman–Crippen MR) is 61.9 cm³/mol. The zero-order chi connectivity index (χ0) is 12.6. The Bertz CT molecular complexity index is 549. The molecule has 0 fully saturated rings. The number of nitrogens with zero attached hydrogens (tertiary/aromatic N) is 3. The second-order valence-corrected chi connectivity index (χ2v) is 3.96. The van der Waals surface area contributed by atoms with Gasteiger partial charge in [-0.15, -0.1) is 0 Å². The summed E-state index contributed by atoms with van der Waals surface area (Å²) in [6.07, 6.45) is 1.68. The van der Waals surface area contributed by atoms with E-state index < -0.39 is 0 Å². The Morgan fingerprint density at radius 2 is 2.06 bits per heavy atom. The molecule has 0 aliphatic heterocycles. The smallest absolute Gasteiger partial charge is 0.259 e. The van der Waals surface area contributed by atoms with E-state index in [0.29, 0.717) is 28.4 Å². The van der Waals surface area contributed by atoms with Crippen LogP contribution in [0.25, 0.3) is 0 Å². The summed E-state index contributed by atoms with van der Waals surface area (Å²) in [5.41, 5.74) is 2.53. The van der Waals surface area contributed by atoms with Crippen LogP contribution in [0.2, 0.25) is 0 Å². The Hall–Kier alpha value is -2.11. The Kier molecular flexibility index (Phi) is 2.71. The van der Waals surface area contributed by atoms with E-state index in [1.54, 1.807) is 38.7 Å². The van der Waals surface area contributed by atoms with E-state index in [1.807, 2.05) is 0 Å². The molecule has 0 spiro atoms. The molecule has 0 aliphatic rings. The maximum Gasteiger partial charge on any atom is 0.259 e. The third-order valence-electron chi connectivity index (χ3n) is 2.53. The van der Waals surface area contributed by atoms with Crippen LogP contribution < -0.4 is 5.32 Å². The summed E-state index contributed by atoms with van der Waals surface area (Å²) in [7, 11) is 1.78. The molecule has 0 saturated heterocycles. The summed E-state index contributed by atoms with van der Waals surface area (Å²) in [5, 5.41) is 10.7. The third kappa shape index (κ3) is 2.06. The second kappa shape index (κ2) is 4.04. The molecule has 0 saturated carbocycles. The number of amides is 1. The zero-order valence-electron chi connectivity index (χ0n) is 10.2. The molecular weight excluding hydrogens is 220 g/mol. The Balaban J connectivity index is 2.26. The third-order valence-corrected chi connectivity index (χ3v) is 2.53. The fraction of sp³-hybridized carbons (Fsp3) is 0.364. The van der Waals surface area contributed by atoms with Gasteiger partial charge in [0.05, 0.1) is 11.3 Å². The summed E-state index contributed by atoms with van der Waals surface area (Å²) in [5.74, 6) is 0.391. The highest BCUT2D eigenvalue weighted by Gasteiger charge is 2.16. The largest absolute Gasteiger partial charge is 0.359 e. The molecule has 0 unspecified atom stereocenters. The van der Waals surface area contributed by atoms with Crippen LogP contribution >= 0.6 is 0 Å². The molecule has 0 aromatic carbocycles.